The highest BCUT2D eigenvalue weighted by Gasteiger charge is 2.16. The Labute approximate surface area is 135 Å². The van der Waals surface area contributed by atoms with Gasteiger partial charge in [0.05, 0.1) is 6.04 Å². The molecule has 3 N–H and O–H groups in total. The lowest BCUT2D eigenvalue weighted by Gasteiger charge is -2.23. The topological polar surface area (TPSA) is 58.4 Å². The van der Waals surface area contributed by atoms with Gasteiger partial charge in [-0.2, -0.15) is 0 Å². The van der Waals surface area contributed by atoms with Gasteiger partial charge in [0, 0.05) is 23.5 Å². The Morgan fingerprint density at radius 3 is 2.68 bits per heavy atom. The van der Waals surface area contributed by atoms with Crippen LogP contribution in [0.2, 0.25) is 0 Å². The summed E-state index contributed by atoms with van der Waals surface area (Å²) in [6.07, 6.45) is 1.13. The molecule has 0 bridgehead atoms. The number of hydrogen-bond donors (Lipinski definition) is 2. The molecule has 0 aliphatic carbocycles. The number of hydrogen-bond acceptors (Lipinski definition) is 4. The van der Waals surface area contributed by atoms with Crippen LogP contribution in [-0.2, 0) is 11.2 Å². The van der Waals surface area contributed by atoms with Gasteiger partial charge in [-0.25, -0.2) is 0 Å². The van der Waals surface area contributed by atoms with Crippen molar-refractivity contribution in [2.24, 2.45) is 0 Å². The largest absolute Gasteiger partial charge is 0.399 e. The molecule has 1 heterocycles. The SMILES string of the molecule is CN(C)C(CNC(=O)CCc1ccccc1N)c1cccs1. The number of para-hydroxylation sites is 1. The number of amides is 1. The molecule has 22 heavy (non-hydrogen) atoms. The number of nitrogens with two attached hydrogens (primary N) is 1. The number of nitrogen functional groups attached to an aromatic ring is 1. The minimum Gasteiger partial charge on any atom is -0.399 e. The summed E-state index contributed by atoms with van der Waals surface area (Å²) in [6.45, 7) is 0.622. The molecule has 2 rings (SSSR count). The second-order valence-electron chi connectivity index (χ2n) is 5.50. The van der Waals surface area contributed by atoms with Gasteiger partial charge in [-0.3, -0.25) is 4.79 Å². The van der Waals surface area contributed by atoms with E-state index >= 15 is 0 Å². The third-order valence-electron chi connectivity index (χ3n) is 3.66. The smallest absolute Gasteiger partial charge is 0.220 e. The standard InChI is InChI=1S/C17H23N3OS/c1-20(2)15(16-8-5-11-22-16)12-19-17(21)10-9-13-6-3-4-7-14(13)18/h3-8,11,15H,9-10,12,18H2,1-2H3,(H,19,21). The lowest BCUT2D eigenvalue weighted by Crippen LogP contribution is -2.34. The number of nitrogens with zero attached hydrogens (tertiary/aromatic N) is 1. The summed E-state index contributed by atoms with van der Waals surface area (Å²) < 4.78 is 0. The zero-order chi connectivity index (χ0) is 15.9. The number of nitrogens with one attached hydrogen (secondary N) is 1. The Balaban J connectivity index is 1.83. The van der Waals surface area contributed by atoms with E-state index in [4.69, 9.17) is 5.73 Å². The van der Waals surface area contributed by atoms with Crippen molar-refractivity contribution < 1.29 is 4.79 Å². The van der Waals surface area contributed by atoms with Crippen LogP contribution in [0.5, 0.6) is 0 Å². The van der Waals surface area contributed by atoms with Gasteiger partial charge in [0.15, 0.2) is 0 Å². The van der Waals surface area contributed by atoms with E-state index in [9.17, 15) is 4.79 Å². The number of aryl methyl sites for hydroxylation is 1. The van der Waals surface area contributed by atoms with E-state index < -0.39 is 0 Å². The number of benzene rings is 1. The first-order valence-corrected chi connectivity index (χ1v) is 8.26. The monoisotopic (exact) mass is 317 g/mol. The fourth-order valence-corrected chi connectivity index (χ4v) is 3.25. The Morgan fingerprint density at radius 1 is 1.27 bits per heavy atom. The third-order valence-corrected chi connectivity index (χ3v) is 4.64. The first kappa shape index (κ1) is 16.5. The Bertz CT molecular complexity index is 596. The molecule has 5 heteroatoms. The van der Waals surface area contributed by atoms with E-state index in [1.807, 2.05) is 44.4 Å². The number of thiophene rings is 1. The zero-order valence-electron chi connectivity index (χ0n) is 13.1. The average molecular weight is 317 g/mol. The second kappa shape index (κ2) is 7.96. The second-order valence-corrected chi connectivity index (χ2v) is 6.48. The molecule has 1 atom stereocenters. The molecule has 0 aliphatic heterocycles. The Hall–Kier alpha value is -1.85. The highest BCUT2D eigenvalue weighted by molar-refractivity contribution is 7.10. The number of carbonyl (C=O) groups excluding carboxylic acids is 1. The highest BCUT2D eigenvalue weighted by atomic mass is 32.1. The van der Waals surface area contributed by atoms with Crippen molar-refractivity contribution in [2.45, 2.75) is 18.9 Å². The maximum absolute atomic E-state index is 12.1. The van der Waals surface area contributed by atoms with E-state index in [-0.39, 0.29) is 11.9 Å². The number of anilines is 1. The van der Waals surface area contributed by atoms with Gasteiger partial charge in [-0.1, -0.05) is 24.3 Å². The Kier molecular flexibility index (Phi) is 5.98. The van der Waals surface area contributed by atoms with E-state index in [0.29, 0.717) is 19.4 Å². The van der Waals surface area contributed by atoms with Crippen LogP contribution in [0.15, 0.2) is 41.8 Å². The molecule has 118 valence electrons. The first-order valence-electron chi connectivity index (χ1n) is 7.38. The molecule has 1 aromatic heterocycles. The van der Waals surface area contributed by atoms with Crippen molar-refractivity contribution in [1.82, 2.24) is 10.2 Å². The average Bonchev–Trinajstić information content (AvgIpc) is 3.00. The molecular formula is C17H23N3OS. The quantitative estimate of drug-likeness (QED) is 0.772. The van der Waals surface area contributed by atoms with Gasteiger partial charge in [0.1, 0.15) is 0 Å². The maximum atomic E-state index is 12.1. The van der Waals surface area contributed by atoms with Gasteiger partial charge in [-0.15, -0.1) is 11.3 Å². The van der Waals surface area contributed by atoms with Gasteiger partial charge in [0.2, 0.25) is 5.91 Å². The third kappa shape index (κ3) is 4.58. The highest BCUT2D eigenvalue weighted by Crippen LogP contribution is 2.22. The molecule has 0 saturated carbocycles. The minimum absolute atomic E-state index is 0.0617. The summed E-state index contributed by atoms with van der Waals surface area (Å²) >= 11 is 1.71. The van der Waals surface area contributed by atoms with E-state index in [2.05, 4.69) is 21.7 Å². The molecule has 0 spiro atoms. The van der Waals surface area contributed by atoms with Gasteiger partial charge >= 0.3 is 0 Å². The molecule has 0 saturated heterocycles. The van der Waals surface area contributed by atoms with Crippen LogP contribution in [0.1, 0.15) is 22.9 Å². The van der Waals surface area contributed by atoms with E-state index in [0.717, 1.165) is 11.3 Å². The number of rotatable bonds is 7. The van der Waals surface area contributed by atoms with E-state index in [1.54, 1.807) is 11.3 Å². The minimum atomic E-state index is 0.0617. The van der Waals surface area contributed by atoms with Gasteiger partial charge in [-0.05, 0) is 43.6 Å². The molecule has 1 aromatic carbocycles. The fourth-order valence-electron chi connectivity index (χ4n) is 2.33. The van der Waals surface area contributed by atoms with Crippen LogP contribution in [0.3, 0.4) is 0 Å². The van der Waals surface area contributed by atoms with Crippen molar-refractivity contribution in [2.75, 3.05) is 26.4 Å². The number of likely N-dealkylation sites (N-methyl/N-ethyl adjacent to an activating group) is 1. The van der Waals surface area contributed by atoms with Crippen molar-refractivity contribution in [1.29, 1.82) is 0 Å². The molecule has 4 nitrogen and oxygen atoms in total. The van der Waals surface area contributed by atoms with E-state index in [1.165, 1.54) is 4.88 Å². The van der Waals surface area contributed by atoms with Crippen molar-refractivity contribution in [3.05, 3.63) is 52.2 Å². The fraction of sp³-hybridized carbons (Fsp3) is 0.353. The maximum Gasteiger partial charge on any atom is 0.220 e. The summed E-state index contributed by atoms with van der Waals surface area (Å²) in [4.78, 5) is 15.4. The zero-order valence-corrected chi connectivity index (χ0v) is 13.9. The molecule has 1 amide bonds. The number of carbonyl (C=O) groups is 1. The normalized spacial score (nSPS) is 12.3. The van der Waals surface area contributed by atoms with Crippen molar-refractivity contribution in [3.63, 3.8) is 0 Å². The summed E-state index contributed by atoms with van der Waals surface area (Å²) in [5.74, 6) is 0.0617. The lowest BCUT2D eigenvalue weighted by atomic mass is 10.1. The van der Waals surface area contributed by atoms with Gasteiger partial charge in [0.25, 0.3) is 0 Å². The molecule has 0 aliphatic rings. The summed E-state index contributed by atoms with van der Waals surface area (Å²) in [7, 11) is 4.06. The van der Waals surface area contributed by atoms with Gasteiger partial charge < -0.3 is 16.0 Å². The summed E-state index contributed by atoms with van der Waals surface area (Å²) in [6, 6.07) is 12.0. The predicted molar refractivity (Wildman–Crippen MR) is 92.9 cm³/mol. The molecule has 0 radical (unpaired) electrons. The predicted octanol–water partition coefficient (Wildman–Crippen LogP) is 2.68. The Morgan fingerprint density at radius 2 is 2.05 bits per heavy atom. The lowest BCUT2D eigenvalue weighted by molar-refractivity contribution is -0.121. The van der Waals surface area contributed by atoms with Crippen LogP contribution in [0, 0.1) is 0 Å². The van der Waals surface area contributed by atoms with Crippen LogP contribution >= 0.6 is 11.3 Å². The van der Waals surface area contributed by atoms with Crippen molar-refractivity contribution >= 4 is 22.9 Å². The molecule has 1 unspecified atom stereocenters. The van der Waals surface area contributed by atoms with Crippen LogP contribution < -0.4 is 11.1 Å². The molecule has 0 fully saturated rings. The summed E-state index contributed by atoms with van der Waals surface area (Å²) in [5, 5.41) is 5.09. The van der Waals surface area contributed by atoms with Crippen LogP contribution in [0.25, 0.3) is 0 Å². The van der Waals surface area contributed by atoms with Crippen LogP contribution in [0.4, 0.5) is 5.69 Å². The summed E-state index contributed by atoms with van der Waals surface area (Å²) in [5.41, 5.74) is 7.67. The van der Waals surface area contributed by atoms with Crippen molar-refractivity contribution in [3.8, 4) is 0 Å². The first-order chi connectivity index (χ1) is 10.6. The molecule has 2 aromatic rings. The molecular weight excluding hydrogens is 294 g/mol. The van der Waals surface area contributed by atoms with Crippen LogP contribution in [-0.4, -0.2) is 31.4 Å².